The Balaban J connectivity index is 1.83. The number of carbonyl (C=O) groups excluding carboxylic acids is 1. The van der Waals surface area contributed by atoms with Gasteiger partial charge in [-0.1, -0.05) is 13.0 Å². The van der Waals surface area contributed by atoms with Crippen molar-refractivity contribution in [3.05, 3.63) is 11.6 Å². The van der Waals surface area contributed by atoms with Crippen LogP contribution in [-0.2, 0) is 9.53 Å². The minimum absolute atomic E-state index is 0.402. The summed E-state index contributed by atoms with van der Waals surface area (Å²) in [7, 11) is 0. The molecule has 0 radical (unpaired) electrons. The smallest absolute Gasteiger partial charge is 0.158 e. The van der Waals surface area contributed by atoms with Crippen molar-refractivity contribution < 1.29 is 9.53 Å². The van der Waals surface area contributed by atoms with Crippen molar-refractivity contribution in [1.29, 1.82) is 0 Å². The third-order valence-electron chi connectivity index (χ3n) is 3.85. The molecule has 2 rings (SSSR count). The van der Waals surface area contributed by atoms with Crippen molar-refractivity contribution >= 4 is 5.78 Å². The zero-order valence-electron chi connectivity index (χ0n) is 10.2. The van der Waals surface area contributed by atoms with Gasteiger partial charge in [0.15, 0.2) is 5.78 Å². The van der Waals surface area contributed by atoms with Crippen molar-refractivity contribution in [3.8, 4) is 0 Å². The van der Waals surface area contributed by atoms with Gasteiger partial charge in [-0.15, -0.1) is 0 Å². The second-order valence-corrected chi connectivity index (χ2v) is 5.29. The number of ketones is 1. The van der Waals surface area contributed by atoms with Crippen LogP contribution < -0.4 is 0 Å². The van der Waals surface area contributed by atoms with Crippen LogP contribution in [0, 0.1) is 11.8 Å². The zero-order valence-corrected chi connectivity index (χ0v) is 10.2. The summed E-state index contributed by atoms with van der Waals surface area (Å²) in [6.45, 7) is 3.94. The number of Topliss-reactive ketones (excluding diaryl/α,β-unsaturated/α-hetero) is 1. The molecule has 0 aromatic heterocycles. The third kappa shape index (κ3) is 3.18. The van der Waals surface area contributed by atoms with Gasteiger partial charge < -0.3 is 4.74 Å². The number of carbonyl (C=O) groups is 1. The van der Waals surface area contributed by atoms with E-state index in [1.165, 1.54) is 6.42 Å². The summed E-state index contributed by atoms with van der Waals surface area (Å²) < 4.78 is 5.31. The third-order valence-corrected chi connectivity index (χ3v) is 3.85. The monoisotopic (exact) mass is 222 g/mol. The molecule has 1 fully saturated rings. The number of allylic oxidation sites excluding steroid dienone is 2. The lowest BCUT2D eigenvalue weighted by Gasteiger charge is -2.23. The molecule has 1 aliphatic carbocycles. The van der Waals surface area contributed by atoms with Gasteiger partial charge >= 0.3 is 0 Å². The van der Waals surface area contributed by atoms with E-state index in [0.717, 1.165) is 56.8 Å². The molecule has 0 saturated carbocycles. The van der Waals surface area contributed by atoms with E-state index < -0.39 is 0 Å². The van der Waals surface area contributed by atoms with Crippen LogP contribution in [0.25, 0.3) is 0 Å². The van der Waals surface area contributed by atoms with E-state index in [2.05, 4.69) is 13.0 Å². The second-order valence-electron chi connectivity index (χ2n) is 5.29. The Morgan fingerprint density at radius 1 is 1.38 bits per heavy atom. The topological polar surface area (TPSA) is 26.3 Å². The minimum atomic E-state index is 0.402. The van der Waals surface area contributed by atoms with Crippen molar-refractivity contribution in [2.24, 2.45) is 11.8 Å². The Kier molecular flexibility index (Phi) is 4.16. The van der Waals surface area contributed by atoms with Gasteiger partial charge in [-0.25, -0.2) is 0 Å². The molecular weight excluding hydrogens is 200 g/mol. The van der Waals surface area contributed by atoms with Crippen LogP contribution in [0.2, 0.25) is 0 Å². The van der Waals surface area contributed by atoms with Crippen LogP contribution in [0.15, 0.2) is 11.6 Å². The van der Waals surface area contributed by atoms with Gasteiger partial charge in [0.1, 0.15) is 0 Å². The zero-order chi connectivity index (χ0) is 11.4. The fourth-order valence-electron chi connectivity index (χ4n) is 2.56. The average molecular weight is 222 g/mol. The highest BCUT2D eigenvalue weighted by Gasteiger charge is 2.21. The van der Waals surface area contributed by atoms with E-state index in [4.69, 9.17) is 4.74 Å². The van der Waals surface area contributed by atoms with E-state index in [1.807, 2.05) is 0 Å². The first-order valence-electron chi connectivity index (χ1n) is 6.55. The molecule has 0 bridgehead atoms. The Labute approximate surface area is 98.1 Å². The molecule has 2 heteroatoms. The highest BCUT2D eigenvalue weighted by atomic mass is 16.5. The summed E-state index contributed by atoms with van der Waals surface area (Å²) in [6.07, 6.45) is 8.34. The lowest BCUT2D eigenvalue weighted by Crippen LogP contribution is -2.20. The van der Waals surface area contributed by atoms with Crippen LogP contribution >= 0.6 is 0 Å². The first-order chi connectivity index (χ1) is 7.75. The normalized spacial score (nSPS) is 27.6. The van der Waals surface area contributed by atoms with Crippen LogP contribution in [0.3, 0.4) is 0 Å². The van der Waals surface area contributed by atoms with Crippen LogP contribution in [-0.4, -0.2) is 19.0 Å². The Bertz CT molecular complexity index is 274. The van der Waals surface area contributed by atoms with E-state index >= 15 is 0 Å². The molecule has 2 aliphatic rings. The number of rotatable bonds is 3. The molecular formula is C14H22O2. The van der Waals surface area contributed by atoms with Gasteiger partial charge in [0.25, 0.3) is 0 Å². The van der Waals surface area contributed by atoms with E-state index in [1.54, 1.807) is 0 Å². The van der Waals surface area contributed by atoms with Crippen molar-refractivity contribution in [1.82, 2.24) is 0 Å². The molecule has 0 amide bonds. The van der Waals surface area contributed by atoms with Gasteiger partial charge in [-0.2, -0.15) is 0 Å². The lowest BCUT2D eigenvalue weighted by molar-refractivity contribution is -0.117. The largest absolute Gasteiger partial charge is 0.381 e. The summed E-state index contributed by atoms with van der Waals surface area (Å²) in [6, 6.07) is 0. The fourth-order valence-corrected chi connectivity index (χ4v) is 2.56. The molecule has 0 aromatic carbocycles. The molecule has 1 saturated heterocycles. The molecule has 1 unspecified atom stereocenters. The minimum Gasteiger partial charge on any atom is -0.381 e. The average Bonchev–Trinajstić information content (AvgIpc) is 2.31. The highest BCUT2D eigenvalue weighted by Crippen LogP contribution is 2.27. The summed E-state index contributed by atoms with van der Waals surface area (Å²) in [4.78, 5) is 12.1. The summed E-state index contributed by atoms with van der Waals surface area (Å²) >= 11 is 0. The fraction of sp³-hybridized carbons (Fsp3) is 0.786. The molecule has 2 nitrogen and oxygen atoms in total. The highest BCUT2D eigenvalue weighted by molar-refractivity contribution is 5.95. The molecule has 0 spiro atoms. The van der Waals surface area contributed by atoms with Crippen LogP contribution in [0.4, 0.5) is 0 Å². The van der Waals surface area contributed by atoms with Crippen LogP contribution in [0.1, 0.15) is 45.4 Å². The van der Waals surface area contributed by atoms with Crippen molar-refractivity contribution in [2.75, 3.05) is 13.2 Å². The Morgan fingerprint density at radius 3 is 2.75 bits per heavy atom. The maximum Gasteiger partial charge on any atom is 0.158 e. The maximum absolute atomic E-state index is 12.1. The van der Waals surface area contributed by atoms with E-state index in [-0.39, 0.29) is 0 Å². The predicted octanol–water partition coefficient (Wildman–Crippen LogP) is 3.12. The summed E-state index contributed by atoms with van der Waals surface area (Å²) in [5.41, 5.74) is 1.10. The van der Waals surface area contributed by atoms with E-state index in [9.17, 15) is 4.79 Å². The van der Waals surface area contributed by atoms with Crippen molar-refractivity contribution in [2.45, 2.75) is 45.4 Å². The Morgan fingerprint density at radius 2 is 2.12 bits per heavy atom. The number of hydrogen-bond acceptors (Lipinski definition) is 2. The number of hydrogen-bond donors (Lipinski definition) is 0. The molecule has 1 heterocycles. The molecule has 0 aromatic rings. The van der Waals surface area contributed by atoms with Gasteiger partial charge in [-0.05, 0) is 49.5 Å². The van der Waals surface area contributed by atoms with Gasteiger partial charge in [0, 0.05) is 19.6 Å². The first kappa shape index (κ1) is 11.8. The maximum atomic E-state index is 12.1. The predicted molar refractivity (Wildman–Crippen MR) is 64.3 cm³/mol. The second kappa shape index (κ2) is 5.62. The molecule has 0 N–H and O–H groups in total. The number of ether oxygens (including phenoxy) is 1. The molecule has 1 aliphatic heterocycles. The van der Waals surface area contributed by atoms with Gasteiger partial charge in [-0.3, -0.25) is 4.79 Å². The first-order valence-corrected chi connectivity index (χ1v) is 6.55. The Hall–Kier alpha value is -0.630. The summed E-state index contributed by atoms with van der Waals surface area (Å²) in [5.74, 6) is 1.74. The molecule has 1 atom stereocenters. The molecule has 90 valence electrons. The quantitative estimate of drug-likeness (QED) is 0.733. The van der Waals surface area contributed by atoms with Gasteiger partial charge in [0.2, 0.25) is 0 Å². The summed E-state index contributed by atoms with van der Waals surface area (Å²) in [5, 5.41) is 0. The standard InChI is InChI=1S/C14H22O2/c1-11-2-4-13(5-3-11)14(15)10-12-6-8-16-9-7-12/h4,11-12H,2-3,5-10H2,1H3. The van der Waals surface area contributed by atoms with Gasteiger partial charge in [0.05, 0.1) is 0 Å². The van der Waals surface area contributed by atoms with E-state index in [0.29, 0.717) is 11.7 Å². The lowest BCUT2D eigenvalue weighted by atomic mass is 9.85. The van der Waals surface area contributed by atoms with Crippen molar-refractivity contribution in [3.63, 3.8) is 0 Å². The molecule has 16 heavy (non-hydrogen) atoms. The van der Waals surface area contributed by atoms with Crippen LogP contribution in [0.5, 0.6) is 0 Å². The SMILES string of the molecule is CC1CC=C(C(=O)CC2CCOCC2)CC1.